The molecule has 0 N–H and O–H groups in total. The van der Waals surface area contributed by atoms with Gasteiger partial charge in [-0.25, -0.2) is 4.98 Å². The summed E-state index contributed by atoms with van der Waals surface area (Å²) in [7, 11) is 0. The van der Waals surface area contributed by atoms with Crippen molar-refractivity contribution in [3.63, 3.8) is 0 Å². The summed E-state index contributed by atoms with van der Waals surface area (Å²) in [4.78, 5) is 4.86. The zero-order valence-electron chi connectivity index (χ0n) is 16.2. The number of hydrogen-bond donors (Lipinski definition) is 0. The SMILES string of the molecule is Cc1cccc(C)c1OCCCn1c(-c2ccc(Cl)cc2)nc2ccccc21. The average molecular weight is 391 g/mol. The Morgan fingerprint density at radius 1 is 0.893 bits per heavy atom. The summed E-state index contributed by atoms with van der Waals surface area (Å²) in [5.41, 5.74) is 5.56. The molecule has 0 radical (unpaired) electrons. The molecule has 0 spiro atoms. The highest BCUT2D eigenvalue weighted by molar-refractivity contribution is 6.30. The molecule has 0 atom stereocenters. The zero-order valence-corrected chi connectivity index (χ0v) is 16.9. The van der Waals surface area contributed by atoms with Crippen LogP contribution in [0.25, 0.3) is 22.4 Å². The van der Waals surface area contributed by atoms with Crippen LogP contribution in [-0.4, -0.2) is 16.2 Å². The molecule has 3 nitrogen and oxygen atoms in total. The summed E-state index contributed by atoms with van der Waals surface area (Å²) >= 11 is 6.06. The maximum atomic E-state index is 6.09. The Kier molecular flexibility index (Phi) is 5.36. The maximum Gasteiger partial charge on any atom is 0.141 e. The number of aryl methyl sites for hydroxylation is 3. The zero-order chi connectivity index (χ0) is 19.5. The second-order valence-electron chi connectivity index (χ2n) is 7.01. The van der Waals surface area contributed by atoms with Gasteiger partial charge < -0.3 is 9.30 Å². The fourth-order valence-electron chi connectivity index (χ4n) is 3.54. The summed E-state index contributed by atoms with van der Waals surface area (Å²) in [6.45, 7) is 5.68. The molecule has 4 heteroatoms. The smallest absolute Gasteiger partial charge is 0.141 e. The van der Waals surface area contributed by atoms with E-state index in [0.29, 0.717) is 6.61 Å². The van der Waals surface area contributed by atoms with E-state index < -0.39 is 0 Å². The molecule has 28 heavy (non-hydrogen) atoms. The number of imidazole rings is 1. The van der Waals surface area contributed by atoms with Gasteiger partial charge in [-0.05, 0) is 67.8 Å². The minimum Gasteiger partial charge on any atom is -0.493 e. The van der Waals surface area contributed by atoms with E-state index in [1.807, 2.05) is 30.3 Å². The van der Waals surface area contributed by atoms with Gasteiger partial charge in [0.25, 0.3) is 0 Å². The molecule has 1 heterocycles. The second kappa shape index (κ2) is 8.07. The van der Waals surface area contributed by atoms with E-state index in [-0.39, 0.29) is 0 Å². The highest BCUT2D eigenvalue weighted by atomic mass is 35.5. The Morgan fingerprint density at radius 2 is 1.61 bits per heavy atom. The number of rotatable bonds is 6. The minimum atomic E-state index is 0.665. The molecular weight excluding hydrogens is 368 g/mol. The van der Waals surface area contributed by atoms with Crippen LogP contribution in [-0.2, 0) is 6.54 Å². The quantitative estimate of drug-likeness (QED) is 0.354. The summed E-state index contributed by atoms with van der Waals surface area (Å²) in [6, 6.07) is 22.3. The highest BCUT2D eigenvalue weighted by Gasteiger charge is 2.12. The third-order valence-electron chi connectivity index (χ3n) is 4.94. The predicted molar refractivity (Wildman–Crippen MR) is 116 cm³/mol. The number of halogens is 1. The lowest BCUT2D eigenvalue weighted by Crippen LogP contribution is -2.07. The molecule has 0 aliphatic carbocycles. The van der Waals surface area contributed by atoms with Crippen molar-refractivity contribution in [3.8, 4) is 17.1 Å². The second-order valence-corrected chi connectivity index (χ2v) is 7.44. The van der Waals surface area contributed by atoms with Crippen LogP contribution >= 0.6 is 11.6 Å². The first kappa shape index (κ1) is 18.6. The van der Waals surface area contributed by atoms with Crippen molar-refractivity contribution in [2.24, 2.45) is 0 Å². The third-order valence-corrected chi connectivity index (χ3v) is 5.19. The molecule has 0 bridgehead atoms. The van der Waals surface area contributed by atoms with Crippen LogP contribution in [0.5, 0.6) is 5.75 Å². The van der Waals surface area contributed by atoms with Crippen LogP contribution in [0.3, 0.4) is 0 Å². The van der Waals surface area contributed by atoms with E-state index in [4.69, 9.17) is 21.3 Å². The van der Waals surface area contributed by atoms with Gasteiger partial charge in [-0.15, -0.1) is 0 Å². The molecule has 4 aromatic rings. The molecule has 4 rings (SSSR count). The summed E-state index contributed by atoms with van der Waals surface area (Å²) in [6.07, 6.45) is 0.898. The van der Waals surface area contributed by atoms with Crippen molar-refractivity contribution < 1.29 is 4.74 Å². The van der Waals surface area contributed by atoms with Gasteiger partial charge in [0.2, 0.25) is 0 Å². The fraction of sp³-hybridized carbons (Fsp3) is 0.208. The topological polar surface area (TPSA) is 27.1 Å². The molecule has 1 aromatic heterocycles. The first-order valence-electron chi connectivity index (χ1n) is 9.54. The van der Waals surface area contributed by atoms with Crippen molar-refractivity contribution in [2.45, 2.75) is 26.8 Å². The number of aromatic nitrogens is 2. The van der Waals surface area contributed by atoms with Gasteiger partial charge in [-0.1, -0.05) is 41.9 Å². The van der Waals surface area contributed by atoms with Crippen LogP contribution in [0, 0.1) is 13.8 Å². The largest absolute Gasteiger partial charge is 0.493 e. The molecule has 0 aliphatic heterocycles. The van der Waals surface area contributed by atoms with Gasteiger partial charge in [0.05, 0.1) is 17.6 Å². The van der Waals surface area contributed by atoms with Gasteiger partial charge in [0.15, 0.2) is 0 Å². The van der Waals surface area contributed by atoms with Gasteiger partial charge in [0, 0.05) is 17.1 Å². The fourth-order valence-corrected chi connectivity index (χ4v) is 3.67. The molecule has 0 unspecified atom stereocenters. The first-order valence-corrected chi connectivity index (χ1v) is 9.91. The molecule has 0 saturated heterocycles. The van der Waals surface area contributed by atoms with Gasteiger partial charge in [0.1, 0.15) is 11.6 Å². The minimum absolute atomic E-state index is 0.665. The molecule has 142 valence electrons. The summed E-state index contributed by atoms with van der Waals surface area (Å²) in [5, 5.41) is 0.730. The van der Waals surface area contributed by atoms with E-state index in [1.54, 1.807) is 0 Å². The Balaban J connectivity index is 1.56. The lowest BCUT2D eigenvalue weighted by Gasteiger charge is -2.13. The first-order chi connectivity index (χ1) is 13.6. The lowest BCUT2D eigenvalue weighted by atomic mass is 10.1. The molecule has 0 aliphatic rings. The van der Waals surface area contributed by atoms with Gasteiger partial charge in [-0.2, -0.15) is 0 Å². The van der Waals surface area contributed by atoms with E-state index in [0.717, 1.165) is 46.2 Å². The Bertz CT molecular complexity index is 1080. The van der Waals surface area contributed by atoms with E-state index >= 15 is 0 Å². The van der Waals surface area contributed by atoms with Crippen molar-refractivity contribution in [2.75, 3.05) is 6.61 Å². The summed E-state index contributed by atoms with van der Waals surface area (Å²) < 4.78 is 8.36. The average Bonchev–Trinajstić information content (AvgIpc) is 3.06. The standard InChI is InChI=1S/C24H23ClN2O/c1-17-7-5-8-18(2)23(17)28-16-6-15-27-22-10-4-3-9-21(22)26-24(27)19-11-13-20(25)14-12-19/h3-5,7-14H,6,15-16H2,1-2H3. The lowest BCUT2D eigenvalue weighted by molar-refractivity contribution is 0.299. The molecular formula is C24H23ClN2O. The van der Waals surface area contributed by atoms with E-state index in [1.165, 1.54) is 11.1 Å². The number of ether oxygens (including phenoxy) is 1. The normalized spacial score (nSPS) is 11.1. The van der Waals surface area contributed by atoms with Crippen LogP contribution < -0.4 is 4.74 Å². The predicted octanol–water partition coefficient (Wildman–Crippen LogP) is 6.44. The molecule has 0 amide bonds. The van der Waals surface area contributed by atoms with Crippen LogP contribution in [0.4, 0.5) is 0 Å². The van der Waals surface area contributed by atoms with Crippen LogP contribution in [0.2, 0.25) is 5.02 Å². The van der Waals surface area contributed by atoms with Crippen LogP contribution in [0.15, 0.2) is 66.7 Å². The Hall–Kier alpha value is -2.78. The molecule has 0 saturated carbocycles. The Labute approximate surface area is 170 Å². The van der Waals surface area contributed by atoms with Crippen molar-refractivity contribution in [1.82, 2.24) is 9.55 Å². The van der Waals surface area contributed by atoms with E-state index in [9.17, 15) is 0 Å². The number of hydrogen-bond acceptors (Lipinski definition) is 2. The van der Waals surface area contributed by atoms with Gasteiger partial charge >= 0.3 is 0 Å². The van der Waals surface area contributed by atoms with E-state index in [2.05, 4.69) is 54.8 Å². The van der Waals surface area contributed by atoms with Crippen molar-refractivity contribution in [1.29, 1.82) is 0 Å². The maximum absolute atomic E-state index is 6.09. The summed E-state index contributed by atoms with van der Waals surface area (Å²) in [5.74, 6) is 1.96. The van der Waals surface area contributed by atoms with Crippen LogP contribution in [0.1, 0.15) is 17.5 Å². The number of benzene rings is 3. The highest BCUT2D eigenvalue weighted by Crippen LogP contribution is 2.27. The number of para-hydroxylation sites is 3. The monoisotopic (exact) mass is 390 g/mol. The van der Waals surface area contributed by atoms with Crippen molar-refractivity contribution >= 4 is 22.6 Å². The third kappa shape index (κ3) is 3.76. The number of fused-ring (bicyclic) bond motifs is 1. The van der Waals surface area contributed by atoms with Gasteiger partial charge in [-0.3, -0.25) is 0 Å². The van der Waals surface area contributed by atoms with Crippen molar-refractivity contribution in [3.05, 3.63) is 82.9 Å². The molecule has 0 fully saturated rings. The molecule has 3 aromatic carbocycles. The Morgan fingerprint density at radius 3 is 2.36 bits per heavy atom. The number of nitrogens with zero attached hydrogens (tertiary/aromatic N) is 2.